The quantitative estimate of drug-likeness (QED) is 0.615. The van der Waals surface area contributed by atoms with Crippen molar-refractivity contribution in [2.75, 3.05) is 20.8 Å². The van der Waals surface area contributed by atoms with E-state index in [4.69, 9.17) is 9.47 Å². The van der Waals surface area contributed by atoms with Crippen LogP contribution in [-0.2, 0) is 4.79 Å². The van der Waals surface area contributed by atoms with Gasteiger partial charge in [-0.25, -0.2) is 4.39 Å². The summed E-state index contributed by atoms with van der Waals surface area (Å²) in [5.74, 6) is -0.458. The Labute approximate surface area is 156 Å². The predicted octanol–water partition coefficient (Wildman–Crippen LogP) is 1.86. The first-order valence-corrected chi connectivity index (χ1v) is 7.94. The fraction of sp³-hybridized carbons (Fsp3) is 0.158. The summed E-state index contributed by atoms with van der Waals surface area (Å²) in [4.78, 5) is 23.8. The van der Waals surface area contributed by atoms with Gasteiger partial charge in [0, 0.05) is 17.2 Å². The summed E-state index contributed by atoms with van der Waals surface area (Å²) in [6.45, 7) is 3.54. The lowest BCUT2D eigenvalue weighted by Crippen LogP contribution is -2.42. The highest BCUT2D eigenvalue weighted by atomic mass is 19.1. The third-order valence-electron chi connectivity index (χ3n) is 3.58. The molecule has 0 unspecified atom stereocenters. The number of carbonyl (C=O) groups is 2. The molecule has 0 heterocycles. The van der Waals surface area contributed by atoms with Crippen molar-refractivity contribution in [1.29, 1.82) is 0 Å². The molecule has 2 rings (SSSR count). The van der Waals surface area contributed by atoms with Crippen molar-refractivity contribution in [2.45, 2.75) is 0 Å². The standard InChI is InChI=1S/C19H20FN3O4/c1-12(16-8-7-15(26-2)10-17(16)27-3)22-23-18(24)11-21-19(25)13-5-4-6-14(20)9-13/h4-10,22H,1,11H2,2-3H3,(H,21,25)(H,23,24). The number of ether oxygens (including phenoxy) is 2. The molecule has 0 radical (unpaired) electrons. The third-order valence-corrected chi connectivity index (χ3v) is 3.58. The maximum absolute atomic E-state index is 13.1. The lowest BCUT2D eigenvalue weighted by Gasteiger charge is -2.15. The van der Waals surface area contributed by atoms with Crippen molar-refractivity contribution in [3.63, 3.8) is 0 Å². The summed E-state index contributed by atoms with van der Waals surface area (Å²) >= 11 is 0. The van der Waals surface area contributed by atoms with Gasteiger partial charge in [-0.2, -0.15) is 0 Å². The van der Waals surface area contributed by atoms with E-state index in [2.05, 4.69) is 22.7 Å². The van der Waals surface area contributed by atoms with Crippen molar-refractivity contribution in [3.05, 3.63) is 66.0 Å². The zero-order valence-electron chi connectivity index (χ0n) is 15.0. The van der Waals surface area contributed by atoms with Gasteiger partial charge in [-0.1, -0.05) is 12.6 Å². The molecular formula is C19H20FN3O4. The smallest absolute Gasteiger partial charge is 0.257 e. The normalized spacial score (nSPS) is 9.89. The van der Waals surface area contributed by atoms with Crippen LogP contribution in [0.25, 0.3) is 5.70 Å². The molecule has 0 saturated heterocycles. The second-order valence-electron chi connectivity index (χ2n) is 5.41. The van der Waals surface area contributed by atoms with E-state index in [1.807, 2.05) is 0 Å². The largest absolute Gasteiger partial charge is 0.497 e. The molecule has 0 atom stereocenters. The minimum Gasteiger partial charge on any atom is -0.497 e. The zero-order chi connectivity index (χ0) is 19.8. The summed E-state index contributed by atoms with van der Waals surface area (Å²) in [6.07, 6.45) is 0. The summed E-state index contributed by atoms with van der Waals surface area (Å²) in [5.41, 5.74) is 6.22. The number of amides is 2. The zero-order valence-corrected chi connectivity index (χ0v) is 15.0. The highest BCUT2D eigenvalue weighted by Crippen LogP contribution is 2.27. The molecule has 8 heteroatoms. The van der Waals surface area contributed by atoms with E-state index in [9.17, 15) is 14.0 Å². The van der Waals surface area contributed by atoms with Crippen molar-refractivity contribution >= 4 is 17.5 Å². The van der Waals surface area contributed by atoms with Crippen LogP contribution in [0.1, 0.15) is 15.9 Å². The maximum Gasteiger partial charge on any atom is 0.257 e. The number of hydrogen-bond acceptors (Lipinski definition) is 5. The highest BCUT2D eigenvalue weighted by molar-refractivity contribution is 5.96. The van der Waals surface area contributed by atoms with E-state index >= 15 is 0 Å². The first kappa shape index (κ1) is 19.8. The van der Waals surface area contributed by atoms with E-state index in [-0.39, 0.29) is 12.1 Å². The van der Waals surface area contributed by atoms with Crippen LogP contribution in [0.4, 0.5) is 4.39 Å². The molecule has 142 valence electrons. The van der Waals surface area contributed by atoms with Gasteiger partial charge in [0.25, 0.3) is 11.8 Å². The van der Waals surface area contributed by atoms with Crippen LogP contribution < -0.4 is 25.6 Å². The summed E-state index contributed by atoms with van der Waals surface area (Å²) < 4.78 is 23.5. The van der Waals surface area contributed by atoms with Crippen molar-refractivity contribution in [1.82, 2.24) is 16.2 Å². The second kappa shape index (κ2) is 9.23. The molecule has 3 N–H and O–H groups in total. The Balaban J connectivity index is 1.86. The highest BCUT2D eigenvalue weighted by Gasteiger charge is 2.11. The number of hydrogen-bond donors (Lipinski definition) is 3. The number of rotatable bonds is 8. The predicted molar refractivity (Wildman–Crippen MR) is 98.6 cm³/mol. The van der Waals surface area contributed by atoms with Gasteiger partial charge in [0.1, 0.15) is 17.3 Å². The number of methoxy groups -OCH3 is 2. The molecule has 27 heavy (non-hydrogen) atoms. The Bertz CT molecular complexity index is 855. The van der Waals surface area contributed by atoms with Gasteiger partial charge >= 0.3 is 0 Å². The number of nitrogens with one attached hydrogen (secondary N) is 3. The van der Waals surface area contributed by atoms with E-state index in [1.165, 1.54) is 25.3 Å². The molecule has 0 saturated carbocycles. The molecule has 2 aromatic rings. The van der Waals surface area contributed by atoms with Crippen LogP contribution >= 0.6 is 0 Å². The minimum absolute atomic E-state index is 0.128. The number of benzene rings is 2. The fourth-order valence-corrected chi connectivity index (χ4v) is 2.20. The molecule has 0 aliphatic heterocycles. The van der Waals surface area contributed by atoms with Crippen molar-refractivity contribution < 1.29 is 23.5 Å². The van der Waals surface area contributed by atoms with Crippen LogP contribution in [0.15, 0.2) is 49.0 Å². The van der Waals surface area contributed by atoms with Gasteiger partial charge in [-0.05, 0) is 30.3 Å². The number of halogens is 1. The van der Waals surface area contributed by atoms with Gasteiger partial charge in [0.15, 0.2) is 0 Å². The average molecular weight is 373 g/mol. The topological polar surface area (TPSA) is 88.7 Å². The second-order valence-corrected chi connectivity index (χ2v) is 5.41. The van der Waals surface area contributed by atoms with Crippen LogP contribution in [0.5, 0.6) is 11.5 Å². The summed E-state index contributed by atoms with van der Waals surface area (Å²) in [6, 6.07) is 10.3. The Morgan fingerprint density at radius 1 is 1.07 bits per heavy atom. The first-order chi connectivity index (χ1) is 12.9. The van der Waals surface area contributed by atoms with Crippen molar-refractivity contribution in [3.8, 4) is 11.5 Å². The van der Waals surface area contributed by atoms with Crippen LogP contribution in [0, 0.1) is 5.82 Å². The monoisotopic (exact) mass is 373 g/mol. The molecule has 0 aromatic heterocycles. The SMILES string of the molecule is C=C(NNC(=O)CNC(=O)c1cccc(F)c1)c1ccc(OC)cc1OC. The molecule has 0 fully saturated rings. The van der Waals surface area contributed by atoms with Gasteiger partial charge in [-0.15, -0.1) is 0 Å². The van der Waals surface area contributed by atoms with Crippen LogP contribution in [0.3, 0.4) is 0 Å². The minimum atomic E-state index is -0.555. The molecular weight excluding hydrogens is 353 g/mol. The number of hydrazine groups is 1. The molecule has 2 aromatic carbocycles. The van der Waals surface area contributed by atoms with Crippen molar-refractivity contribution in [2.24, 2.45) is 0 Å². The summed E-state index contributed by atoms with van der Waals surface area (Å²) in [7, 11) is 3.05. The van der Waals surface area contributed by atoms with Crippen LogP contribution in [0.2, 0.25) is 0 Å². The third kappa shape index (κ3) is 5.46. The van der Waals surface area contributed by atoms with Gasteiger partial charge < -0.3 is 14.8 Å². The first-order valence-electron chi connectivity index (χ1n) is 7.94. The fourth-order valence-electron chi connectivity index (χ4n) is 2.20. The Hall–Kier alpha value is -3.55. The van der Waals surface area contributed by atoms with Gasteiger partial charge in [-0.3, -0.25) is 20.4 Å². The van der Waals surface area contributed by atoms with Gasteiger partial charge in [0.05, 0.1) is 26.5 Å². The lowest BCUT2D eigenvalue weighted by atomic mass is 10.1. The van der Waals surface area contributed by atoms with Crippen LogP contribution in [-0.4, -0.2) is 32.6 Å². The molecule has 0 aliphatic rings. The lowest BCUT2D eigenvalue weighted by molar-refractivity contribution is -0.120. The summed E-state index contributed by atoms with van der Waals surface area (Å²) in [5, 5.41) is 2.40. The van der Waals surface area contributed by atoms with E-state index in [0.717, 1.165) is 6.07 Å². The Morgan fingerprint density at radius 2 is 1.85 bits per heavy atom. The molecule has 0 spiro atoms. The number of carbonyl (C=O) groups excluding carboxylic acids is 2. The van der Waals surface area contributed by atoms with Gasteiger partial charge in [0.2, 0.25) is 0 Å². The average Bonchev–Trinajstić information content (AvgIpc) is 2.69. The molecule has 2 amide bonds. The maximum atomic E-state index is 13.1. The molecule has 0 bridgehead atoms. The molecule has 0 aliphatic carbocycles. The Kier molecular flexibility index (Phi) is 6.76. The van der Waals surface area contributed by atoms with E-state index in [0.29, 0.717) is 22.8 Å². The van der Waals surface area contributed by atoms with E-state index < -0.39 is 17.6 Å². The Morgan fingerprint density at radius 3 is 2.52 bits per heavy atom. The molecule has 7 nitrogen and oxygen atoms in total. The van der Waals surface area contributed by atoms with E-state index in [1.54, 1.807) is 25.3 Å².